The number of hydrogen-bond donors (Lipinski definition) is 0. The third kappa shape index (κ3) is 3.51. The van der Waals surface area contributed by atoms with Crippen LogP contribution in [-0.4, -0.2) is 39.8 Å². The smallest absolute Gasteiger partial charge is 0.245 e. The van der Waals surface area contributed by atoms with E-state index in [2.05, 4.69) is 9.97 Å². The quantitative estimate of drug-likeness (QED) is 0.700. The summed E-state index contributed by atoms with van der Waals surface area (Å²) in [6, 6.07) is 15.4. The zero-order chi connectivity index (χ0) is 19.7. The van der Waals surface area contributed by atoms with Crippen LogP contribution in [0.2, 0.25) is 0 Å². The Balaban J connectivity index is 1.57. The minimum Gasteiger partial charge on any atom is -0.331 e. The predicted molar refractivity (Wildman–Crippen MR) is 105 cm³/mol. The van der Waals surface area contributed by atoms with Crippen LogP contribution in [0.15, 0.2) is 60.8 Å². The molecule has 0 fully saturated rings. The molecule has 0 aliphatic carbocycles. The van der Waals surface area contributed by atoms with Gasteiger partial charge in [0.2, 0.25) is 5.91 Å². The van der Waals surface area contributed by atoms with Gasteiger partial charge < -0.3 is 4.90 Å². The molecule has 0 unspecified atom stereocenters. The van der Waals surface area contributed by atoms with Gasteiger partial charge in [0.25, 0.3) is 0 Å². The third-order valence-electron chi connectivity index (χ3n) is 4.94. The van der Waals surface area contributed by atoms with Crippen LogP contribution in [0.1, 0.15) is 22.9 Å². The number of carbonyl (C=O) groups is 1. The van der Waals surface area contributed by atoms with Crippen molar-refractivity contribution < 1.29 is 9.18 Å². The molecule has 28 heavy (non-hydrogen) atoms. The first-order chi connectivity index (χ1) is 13.5. The van der Waals surface area contributed by atoms with E-state index in [0.717, 1.165) is 22.4 Å². The molecule has 3 aromatic rings. The minimum absolute atomic E-state index is 0.0316. The number of amides is 1. The maximum atomic E-state index is 13.3. The first-order valence-electron chi connectivity index (χ1n) is 9.14. The molecule has 142 valence electrons. The summed E-state index contributed by atoms with van der Waals surface area (Å²) in [5.41, 5.74) is 3.56. The molecule has 5 nitrogen and oxygen atoms in total. The molecule has 0 spiro atoms. The van der Waals surface area contributed by atoms with E-state index in [1.54, 1.807) is 23.2 Å². The second kappa shape index (κ2) is 7.48. The van der Waals surface area contributed by atoms with E-state index in [1.807, 2.05) is 49.3 Å². The van der Waals surface area contributed by atoms with Crippen molar-refractivity contribution in [3.05, 3.63) is 83.4 Å². The van der Waals surface area contributed by atoms with Gasteiger partial charge in [-0.1, -0.05) is 42.5 Å². The highest BCUT2D eigenvalue weighted by Crippen LogP contribution is 2.28. The van der Waals surface area contributed by atoms with Crippen molar-refractivity contribution in [2.24, 2.45) is 0 Å². The summed E-state index contributed by atoms with van der Waals surface area (Å²) < 4.78 is 13.3. The molecule has 2 heterocycles. The average molecular weight is 376 g/mol. The monoisotopic (exact) mass is 376 g/mol. The number of carbonyl (C=O) groups excluding carboxylic acids is 1. The van der Waals surface area contributed by atoms with Crippen molar-refractivity contribution in [3.8, 4) is 11.4 Å². The minimum atomic E-state index is -0.475. The number of fused-ring (bicyclic) bond motifs is 1. The number of nitrogens with zero attached hydrogens (tertiary/aromatic N) is 4. The lowest BCUT2D eigenvalue weighted by atomic mass is 10.0. The van der Waals surface area contributed by atoms with E-state index < -0.39 is 6.04 Å². The van der Waals surface area contributed by atoms with Crippen LogP contribution < -0.4 is 0 Å². The fourth-order valence-corrected chi connectivity index (χ4v) is 3.52. The summed E-state index contributed by atoms with van der Waals surface area (Å²) in [4.78, 5) is 26.0. The van der Waals surface area contributed by atoms with Gasteiger partial charge in [0.1, 0.15) is 11.9 Å². The molecule has 1 aliphatic rings. The Morgan fingerprint density at radius 3 is 2.46 bits per heavy atom. The van der Waals surface area contributed by atoms with E-state index in [4.69, 9.17) is 0 Å². The molecular formula is C22H21FN4O. The van der Waals surface area contributed by atoms with Crippen molar-refractivity contribution in [2.75, 3.05) is 14.1 Å². The SMILES string of the molecule is CN(C)[C@@H](C(=O)N1Cc2cnc(-c3ccccc3)nc2C1)c1ccc(F)cc1. The van der Waals surface area contributed by atoms with Gasteiger partial charge in [-0.3, -0.25) is 9.69 Å². The molecule has 1 aromatic heterocycles. The molecule has 1 aliphatic heterocycles. The van der Waals surface area contributed by atoms with Crippen LogP contribution in [0, 0.1) is 5.82 Å². The molecule has 6 heteroatoms. The largest absolute Gasteiger partial charge is 0.331 e. The van der Waals surface area contributed by atoms with Crippen LogP contribution in [0.25, 0.3) is 11.4 Å². The maximum Gasteiger partial charge on any atom is 0.245 e. The molecule has 0 radical (unpaired) electrons. The zero-order valence-electron chi connectivity index (χ0n) is 15.8. The zero-order valence-corrected chi connectivity index (χ0v) is 15.8. The molecule has 2 aromatic carbocycles. The third-order valence-corrected chi connectivity index (χ3v) is 4.94. The average Bonchev–Trinajstić information content (AvgIpc) is 3.13. The van der Waals surface area contributed by atoms with Crippen LogP contribution in [0.3, 0.4) is 0 Å². The molecule has 0 saturated carbocycles. The van der Waals surface area contributed by atoms with Gasteiger partial charge in [-0.25, -0.2) is 14.4 Å². The Hall–Kier alpha value is -3.12. The lowest BCUT2D eigenvalue weighted by Gasteiger charge is -2.28. The summed E-state index contributed by atoms with van der Waals surface area (Å²) in [5.74, 6) is 0.318. The Kier molecular flexibility index (Phi) is 4.88. The fraction of sp³-hybridized carbons (Fsp3) is 0.227. The maximum absolute atomic E-state index is 13.3. The highest BCUT2D eigenvalue weighted by molar-refractivity contribution is 5.83. The summed E-state index contributed by atoms with van der Waals surface area (Å²) in [6.07, 6.45) is 1.81. The number of hydrogen-bond acceptors (Lipinski definition) is 4. The van der Waals surface area contributed by atoms with Gasteiger partial charge in [-0.15, -0.1) is 0 Å². The van der Waals surface area contributed by atoms with E-state index in [9.17, 15) is 9.18 Å². The fourth-order valence-electron chi connectivity index (χ4n) is 3.52. The summed E-state index contributed by atoms with van der Waals surface area (Å²) in [5, 5.41) is 0. The second-order valence-corrected chi connectivity index (χ2v) is 7.14. The van der Waals surface area contributed by atoms with Crippen molar-refractivity contribution in [1.29, 1.82) is 0 Å². The number of rotatable bonds is 4. The van der Waals surface area contributed by atoms with Crippen molar-refractivity contribution in [1.82, 2.24) is 19.8 Å². The van der Waals surface area contributed by atoms with Crippen LogP contribution in [0.5, 0.6) is 0 Å². The lowest BCUT2D eigenvalue weighted by Crippen LogP contribution is -2.37. The number of aromatic nitrogens is 2. The topological polar surface area (TPSA) is 49.3 Å². The Morgan fingerprint density at radius 2 is 1.79 bits per heavy atom. The van der Waals surface area contributed by atoms with Gasteiger partial charge in [-0.05, 0) is 31.8 Å². The van der Waals surface area contributed by atoms with Crippen LogP contribution in [0.4, 0.5) is 4.39 Å². The second-order valence-electron chi connectivity index (χ2n) is 7.14. The molecule has 0 N–H and O–H groups in total. The molecule has 4 rings (SSSR count). The highest BCUT2D eigenvalue weighted by atomic mass is 19.1. The normalized spacial score (nSPS) is 14.2. The summed E-state index contributed by atoms with van der Waals surface area (Å²) in [7, 11) is 3.70. The molecule has 0 bridgehead atoms. The highest BCUT2D eigenvalue weighted by Gasteiger charge is 2.32. The van der Waals surface area contributed by atoms with E-state index in [0.29, 0.717) is 18.9 Å². The molecule has 1 amide bonds. The summed E-state index contributed by atoms with van der Waals surface area (Å²) in [6.45, 7) is 0.927. The number of benzene rings is 2. The number of likely N-dealkylation sites (N-methyl/N-ethyl adjacent to an activating group) is 1. The van der Waals surface area contributed by atoms with Crippen molar-refractivity contribution in [2.45, 2.75) is 19.1 Å². The Morgan fingerprint density at radius 1 is 1.07 bits per heavy atom. The van der Waals surface area contributed by atoms with Gasteiger partial charge in [0.05, 0.1) is 12.2 Å². The molecule has 1 atom stereocenters. The molecular weight excluding hydrogens is 355 g/mol. The van der Waals surface area contributed by atoms with Gasteiger partial charge in [-0.2, -0.15) is 0 Å². The van der Waals surface area contributed by atoms with E-state index in [-0.39, 0.29) is 11.7 Å². The summed E-state index contributed by atoms with van der Waals surface area (Å²) >= 11 is 0. The van der Waals surface area contributed by atoms with E-state index in [1.165, 1.54) is 12.1 Å². The van der Waals surface area contributed by atoms with Crippen molar-refractivity contribution >= 4 is 5.91 Å². The van der Waals surface area contributed by atoms with Gasteiger partial charge in [0, 0.05) is 23.9 Å². The lowest BCUT2D eigenvalue weighted by molar-refractivity contribution is -0.137. The van der Waals surface area contributed by atoms with E-state index >= 15 is 0 Å². The van der Waals surface area contributed by atoms with Crippen molar-refractivity contribution in [3.63, 3.8) is 0 Å². The Bertz CT molecular complexity index is 989. The van der Waals surface area contributed by atoms with Crippen LogP contribution >= 0.6 is 0 Å². The Labute approximate surface area is 163 Å². The first kappa shape index (κ1) is 18.3. The predicted octanol–water partition coefficient (Wildman–Crippen LogP) is 3.43. The standard InChI is InChI=1S/C22H21FN4O/c1-26(2)20(15-8-10-18(23)11-9-15)22(28)27-13-17-12-24-21(25-19(17)14-27)16-6-4-3-5-7-16/h3-12,20H,13-14H2,1-2H3/t20-/m1/s1. The number of halogens is 1. The first-order valence-corrected chi connectivity index (χ1v) is 9.14. The van der Waals surface area contributed by atoms with Crippen LogP contribution in [-0.2, 0) is 17.9 Å². The van der Waals surface area contributed by atoms with Gasteiger partial charge >= 0.3 is 0 Å². The van der Waals surface area contributed by atoms with Gasteiger partial charge in [0.15, 0.2) is 5.82 Å². The molecule has 0 saturated heterocycles.